The molecule has 8 heteroatoms. The van der Waals surface area contributed by atoms with E-state index >= 15 is 0 Å². The minimum absolute atomic E-state index is 0.162. The number of anilines is 1. The van der Waals surface area contributed by atoms with Crippen molar-refractivity contribution in [2.75, 3.05) is 5.32 Å². The van der Waals surface area contributed by atoms with Crippen LogP contribution >= 0.6 is 0 Å². The molecule has 0 spiro atoms. The smallest absolute Gasteiger partial charge is 0.335 e. The van der Waals surface area contributed by atoms with Crippen molar-refractivity contribution in [1.82, 2.24) is 24.7 Å². The molecule has 0 radical (unpaired) electrons. The van der Waals surface area contributed by atoms with Gasteiger partial charge in [0.05, 0.1) is 34.7 Å². The molecule has 0 aliphatic rings. The number of aromatic nitrogens is 5. The lowest BCUT2D eigenvalue weighted by Crippen LogP contribution is -2.06. The molecule has 0 saturated heterocycles. The van der Waals surface area contributed by atoms with Crippen molar-refractivity contribution < 1.29 is 9.90 Å². The first-order valence-corrected chi connectivity index (χ1v) is 8.86. The van der Waals surface area contributed by atoms with E-state index in [1.807, 2.05) is 28.9 Å². The number of nitrogens with one attached hydrogen (secondary N) is 1. The van der Waals surface area contributed by atoms with Gasteiger partial charge in [0.1, 0.15) is 0 Å². The van der Waals surface area contributed by atoms with E-state index in [0.29, 0.717) is 23.9 Å². The van der Waals surface area contributed by atoms with Gasteiger partial charge >= 0.3 is 5.97 Å². The summed E-state index contributed by atoms with van der Waals surface area (Å²) in [4.78, 5) is 24.1. The molecule has 0 fully saturated rings. The van der Waals surface area contributed by atoms with Crippen LogP contribution in [0.2, 0.25) is 0 Å². The number of carboxylic acids is 1. The fraction of sp³-hybridized carbons (Fsp3) is 0.150. The van der Waals surface area contributed by atoms with Crippen LogP contribution in [-0.2, 0) is 13.1 Å². The van der Waals surface area contributed by atoms with Crippen molar-refractivity contribution in [3.63, 3.8) is 0 Å². The summed E-state index contributed by atoms with van der Waals surface area (Å²) in [6, 6.07) is 12.7. The summed E-state index contributed by atoms with van der Waals surface area (Å²) >= 11 is 0. The van der Waals surface area contributed by atoms with E-state index in [4.69, 9.17) is 5.11 Å². The Kier molecular flexibility index (Phi) is 4.67. The predicted molar refractivity (Wildman–Crippen MR) is 105 cm³/mol. The lowest BCUT2D eigenvalue weighted by molar-refractivity contribution is 0.0697. The van der Waals surface area contributed by atoms with Gasteiger partial charge in [-0.3, -0.25) is 9.67 Å². The fourth-order valence-electron chi connectivity index (χ4n) is 3.02. The van der Waals surface area contributed by atoms with Gasteiger partial charge in [0.25, 0.3) is 0 Å². The topological polar surface area (TPSA) is 106 Å². The minimum atomic E-state index is -1.01. The zero-order chi connectivity index (χ0) is 19.5. The lowest BCUT2D eigenvalue weighted by atomic mass is 10.2. The van der Waals surface area contributed by atoms with Gasteiger partial charge < -0.3 is 10.4 Å². The van der Waals surface area contributed by atoms with Crippen LogP contribution in [0.25, 0.3) is 22.3 Å². The summed E-state index contributed by atoms with van der Waals surface area (Å²) in [6.45, 7) is 3.32. The van der Waals surface area contributed by atoms with Crippen molar-refractivity contribution in [3.05, 3.63) is 66.1 Å². The summed E-state index contributed by atoms with van der Waals surface area (Å²) in [5, 5.41) is 18.1. The average Bonchev–Trinajstić information content (AvgIpc) is 3.10. The Bertz CT molecular complexity index is 1150. The largest absolute Gasteiger partial charge is 0.478 e. The molecule has 140 valence electrons. The molecule has 3 heterocycles. The van der Waals surface area contributed by atoms with Crippen LogP contribution < -0.4 is 5.32 Å². The molecule has 0 amide bonds. The van der Waals surface area contributed by atoms with Gasteiger partial charge in [0.2, 0.25) is 5.95 Å². The first kappa shape index (κ1) is 17.6. The van der Waals surface area contributed by atoms with E-state index in [2.05, 4.69) is 32.3 Å². The SMILES string of the molecule is CCn1nc(CNc2nccc(-c3cc(C(=O)O)ccn3)n2)c2ccccc21. The van der Waals surface area contributed by atoms with E-state index in [-0.39, 0.29) is 5.56 Å². The molecular formula is C20H18N6O2. The third-order valence-corrected chi connectivity index (χ3v) is 4.37. The van der Waals surface area contributed by atoms with Crippen LogP contribution in [0.4, 0.5) is 5.95 Å². The van der Waals surface area contributed by atoms with E-state index < -0.39 is 5.97 Å². The molecule has 0 bridgehead atoms. The summed E-state index contributed by atoms with van der Waals surface area (Å²) < 4.78 is 1.96. The maximum absolute atomic E-state index is 11.2. The molecular weight excluding hydrogens is 356 g/mol. The number of fused-ring (bicyclic) bond motifs is 1. The second-order valence-corrected chi connectivity index (χ2v) is 6.13. The van der Waals surface area contributed by atoms with E-state index in [0.717, 1.165) is 23.1 Å². The molecule has 1 aromatic carbocycles. The van der Waals surface area contributed by atoms with Gasteiger partial charge in [-0.25, -0.2) is 14.8 Å². The van der Waals surface area contributed by atoms with Crippen LogP contribution in [0.1, 0.15) is 23.0 Å². The number of carboxylic acid groups (broad SMARTS) is 1. The number of aromatic carboxylic acids is 1. The molecule has 2 N–H and O–H groups in total. The zero-order valence-corrected chi connectivity index (χ0v) is 15.2. The highest BCUT2D eigenvalue weighted by atomic mass is 16.4. The Morgan fingerprint density at radius 1 is 1.11 bits per heavy atom. The zero-order valence-electron chi connectivity index (χ0n) is 15.2. The molecule has 3 aromatic heterocycles. The highest BCUT2D eigenvalue weighted by Gasteiger charge is 2.11. The molecule has 0 aliphatic heterocycles. The van der Waals surface area contributed by atoms with Crippen LogP contribution in [0.15, 0.2) is 54.9 Å². The minimum Gasteiger partial charge on any atom is -0.478 e. The number of para-hydroxylation sites is 1. The standard InChI is InChI=1S/C20H18N6O2/c1-2-26-18-6-4-3-5-14(18)17(25-26)12-23-20-22-10-8-15(24-20)16-11-13(19(27)28)7-9-21-16/h3-11H,2,12H2,1H3,(H,27,28)(H,22,23,24). The van der Waals surface area contributed by atoms with Crippen LogP contribution in [0, 0.1) is 0 Å². The molecule has 0 aliphatic carbocycles. The maximum atomic E-state index is 11.2. The highest BCUT2D eigenvalue weighted by molar-refractivity contribution is 5.88. The third-order valence-electron chi connectivity index (χ3n) is 4.37. The lowest BCUT2D eigenvalue weighted by Gasteiger charge is -2.06. The molecule has 0 unspecified atom stereocenters. The third kappa shape index (κ3) is 3.39. The first-order valence-electron chi connectivity index (χ1n) is 8.86. The van der Waals surface area contributed by atoms with Gasteiger partial charge in [0.15, 0.2) is 0 Å². The van der Waals surface area contributed by atoms with E-state index in [9.17, 15) is 4.79 Å². The quantitative estimate of drug-likeness (QED) is 0.534. The summed E-state index contributed by atoms with van der Waals surface area (Å²) in [5.41, 5.74) is 3.19. The Labute approximate surface area is 160 Å². The number of benzene rings is 1. The number of aryl methyl sites for hydroxylation is 1. The average molecular weight is 374 g/mol. The van der Waals surface area contributed by atoms with Crippen LogP contribution in [-0.4, -0.2) is 35.8 Å². The number of hydrogen-bond acceptors (Lipinski definition) is 6. The fourth-order valence-corrected chi connectivity index (χ4v) is 3.02. The first-order chi connectivity index (χ1) is 13.7. The van der Waals surface area contributed by atoms with E-state index in [1.54, 1.807) is 12.3 Å². The van der Waals surface area contributed by atoms with Gasteiger partial charge in [-0.1, -0.05) is 18.2 Å². The number of rotatable bonds is 6. The summed E-state index contributed by atoms with van der Waals surface area (Å²) in [5.74, 6) is -0.579. The number of carbonyl (C=O) groups is 1. The van der Waals surface area contributed by atoms with Gasteiger partial charge in [0, 0.05) is 24.3 Å². The van der Waals surface area contributed by atoms with Crippen LogP contribution in [0.3, 0.4) is 0 Å². The monoisotopic (exact) mass is 374 g/mol. The Morgan fingerprint density at radius 2 is 1.93 bits per heavy atom. The molecule has 0 atom stereocenters. The second kappa shape index (κ2) is 7.43. The van der Waals surface area contributed by atoms with Crippen molar-refractivity contribution in [1.29, 1.82) is 0 Å². The molecule has 8 nitrogen and oxygen atoms in total. The molecule has 0 saturated carbocycles. The Hall–Kier alpha value is -3.81. The summed E-state index contributed by atoms with van der Waals surface area (Å²) in [6.07, 6.45) is 3.07. The summed E-state index contributed by atoms with van der Waals surface area (Å²) in [7, 11) is 0. The second-order valence-electron chi connectivity index (χ2n) is 6.13. The normalized spacial score (nSPS) is 10.9. The number of pyridine rings is 1. The molecule has 28 heavy (non-hydrogen) atoms. The van der Waals surface area contributed by atoms with E-state index in [1.165, 1.54) is 18.3 Å². The van der Waals surface area contributed by atoms with Gasteiger partial charge in [-0.05, 0) is 31.2 Å². The van der Waals surface area contributed by atoms with Crippen molar-refractivity contribution in [3.8, 4) is 11.4 Å². The number of hydrogen-bond donors (Lipinski definition) is 2. The Balaban J connectivity index is 1.58. The molecule has 4 aromatic rings. The van der Waals surface area contributed by atoms with Gasteiger partial charge in [-0.15, -0.1) is 0 Å². The van der Waals surface area contributed by atoms with Crippen LogP contribution in [0.5, 0.6) is 0 Å². The number of nitrogens with zero attached hydrogens (tertiary/aromatic N) is 5. The highest BCUT2D eigenvalue weighted by Crippen LogP contribution is 2.20. The van der Waals surface area contributed by atoms with Gasteiger partial charge in [-0.2, -0.15) is 5.10 Å². The van der Waals surface area contributed by atoms with Crippen molar-refractivity contribution >= 4 is 22.8 Å². The Morgan fingerprint density at radius 3 is 2.75 bits per heavy atom. The maximum Gasteiger partial charge on any atom is 0.335 e. The van der Waals surface area contributed by atoms with Crippen molar-refractivity contribution in [2.24, 2.45) is 0 Å². The predicted octanol–water partition coefficient (Wildman–Crippen LogP) is 3.22. The molecule has 4 rings (SSSR count). The van der Waals surface area contributed by atoms with Crippen molar-refractivity contribution in [2.45, 2.75) is 20.0 Å².